The van der Waals surface area contributed by atoms with Gasteiger partial charge < -0.3 is 0 Å². The maximum atomic E-state index is 13.1. The average molecular weight is 435 g/mol. The van der Waals surface area contributed by atoms with Crippen LogP contribution in [0.5, 0.6) is 0 Å². The molecule has 0 saturated heterocycles. The normalized spacial score (nSPS) is 13.1. The topological polar surface area (TPSA) is 44.8 Å². The number of unbranched alkanes of at least 4 members (excludes halogenated alkanes) is 13. The summed E-state index contributed by atoms with van der Waals surface area (Å²) in [6, 6.07) is 0. The Morgan fingerprint density at radius 1 is 0.586 bits per heavy atom. The predicted molar refractivity (Wildman–Crippen MR) is 126 cm³/mol. The van der Waals surface area contributed by atoms with E-state index in [0.717, 1.165) is 44.9 Å². The zero-order valence-electron chi connectivity index (χ0n) is 20.1. The van der Waals surface area contributed by atoms with Crippen molar-refractivity contribution < 1.29 is 18.1 Å². The van der Waals surface area contributed by atoms with E-state index >= 15 is 0 Å². The summed E-state index contributed by atoms with van der Waals surface area (Å²) in [5.41, 5.74) is 0. The van der Waals surface area contributed by atoms with Crippen LogP contribution in [0, 0.1) is 0 Å². The third-order valence-corrected chi connectivity index (χ3v) is 6.88. The number of hydrogen-bond acceptors (Lipinski definition) is 4. The molecule has 0 radical (unpaired) electrons. The first-order chi connectivity index (χ1) is 14.1. The average Bonchev–Trinajstić information content (AvgIpc) is 2.70. The van der Waals surface area contributed by atoms with Crippen LogP contribution >= 0.6 is 7.82 Å². The van der Waals surface area contributed by atoms with Crippen LogP contribution < -0.4 is 0 Å². The van der Waals surface area contributed by atoms with Gasteiger partial charge in [-0.2, -0.15) is 0 Å². The summed E-state index contributed by atoms with van der Waals surface area (Å²) < 4.78 is 30.2. The zero-order valence-corrected chi connectivity index (χ0v) is 21.0. The lowest BCUT2D eigenvalue weighted by Crippen LogP contribution is -2.11. The van der Waals surface area contributed by atoms with E-state index in [4.69, 9.17) is 13.6 Å². The number of phosphoric acid groups is 1. The van der Waals surface area contributed by atoms with Gasteiger partial charge in [-0.1, -0.05) is 111 Å². The molecule has 0 aliphatic heterocycles. The summed E-state index contributed by atoms with van der Waals surface area (Å²) in [5.74, 6) is 0. The van der Waals surface area contributed by atoms with Crippen molar-refractivity contribution in [2.45, 2.75) is 143 Å². The summed E-state index contributed by atoms with van der Waals surface area (Å²) in [7, 11) is -3.45. The first-order valence-electron chi connectivity index (χ1n) is 12.7. The molecule has 0 aromatic heterocycles. The van der Waals surface area contributed by atoms with E-state index in [1.54, 1.807) is 0 Å². The first kappa shape index (κ1) is 29.1. The van der Waals surface area contributed by atoms with Gasteiger partial charge in [0, 0.05) is 0 Å². The molecular weight excluding hydrogens is 383 g/mol. The molecule has 0 aliphatic carbocycles. The summed E-state index contributed by atoms with van der Waals surface area (Å²) in [4.78, 5) is 0. The Labute approximate surface area is 182 Å². The van der Waals surface area contributed by atoms with E-state index in [1.807, 2.05) is 6.92 Å². The van der Waals surface area contributed by atoms with Crippen LogP contribution in [-0.2, 0) is 18.1 Å². The molecule has 1 atom stereocenters. The molecule has 0 heterocycles. The van der Waals surface area contributed by atoms with Crippen molar-refractivity contribution in [2.75, 3.05) is 13.2 Å². The lowest BCUT2D eigenvalue weighted by atomic mass is 10.1. The first-order valence-corrected chi connectivity index (χ1v) is 14.1. The van der Waals surface area contributed by atoms with E-state index in [1.165, 1.54) is 64.2 Å². The number of rotatable bonds is 23. The van der Waals surface area contributed by atoms with Crippen LogP contribution in [0.15, 0.2) is 0 Å². The maximum absolute atomic E-state index is 13.1. The molecule has 0 bridgehead atoms. The minimum Gasteiger partial charge on any atom is -0.287 e. The minimum absolute atomic E-state index is 0.0936. The molecular formula is C24H51O4P. The summed E-state index contributed by atoms with van der Waals surface area (Å²) >= 11 is 0. The van der Waals surface area contributed by atoms with E-state index in [2.05, 4.69) is 20.8 Å². The Kier molecular flexibility index (Phi) is 21.4. The molecule has 0 N–H and O–H groups in total. The van der Waals surface area contributed by atoms with Crippen LogP contribution in [-0.4, -0.2) is 19.3 Å². The number of hydrogen-bond donors (Lipinski definition) is 0. The Balaban J connectivity index is 4.13. The molecule has 0 saturated carbocycles. The van der Waals surface area contributed by atoms with Crippen LogP contribution in [0.3, 0.4) is 0 Å². The molecule has 0 aromatic carbocycles. The molecule has 0 fully saturated rings. The molecule has 0 spiro atoms. The summed E-state index contributed by atoms with van der Waals surface area (Å²) in [6.07, 6.45) is 19.9. The van der Waals surface area contributed by atoms with Gasteiger partial charge in [-0.15, -0.1) is 0 Å². The molecule has 0 aliphatic rings. The smallest absolute Gasteiger partial charge is 0.287 e. The minimum atomic E-state index is -3.45. The van der Waals surface area contributed by atoms with Crippen LogP contribution in [0.2, 0.25) is 0 Å². The molecule has 0 rings (SSSR count). The predicted octanol–water partition coefficient (Wildman–Crippen LogP) is 9.22. The fourth-order valence-electron chi connectivity index (χ4n) is 3.33. The van der Waals surface area contributed by atoms with Crippen LogP contribution in [0.1, 0.15) is 137 Å². The van der Waals surface area contributed by atoms with Crippen LogP contribution in [0.25, 0.3) is 0 Å². The van der Waals surface area contributed by atoms with Gasteiger partial charge >= 0.3 is 7.82 Å². The van der Waals surface area contributed by atoms with Gasteiger partial charge in [0.2, 0.25) is 0 Å². The van der Waals surface area contributed by atoms with E-state index in [0.29, 0.717) is 13.2 Å². The Morgan fingerprint density at radius 2 is 0.966 bits per heavy atom. The van der Waals surface area contributed by atoms with E-state index in [9.17, 15) is 4.57 Å². The molecule has 176 valence electrons. The van der Waals surface area contributed by atoms with Gasteiger partial charge in [-0.05, 0) is 26.2 Å². The van der Waals surface area contributed by atoms with Crippen molar-refractivity contribution in [3.8, 4) is 0 Å². The highest BCUT2D eigenvalue weighted by Gasteiger charge is 2.28. The second kappa shape index (κ2) is 21.3. The molecule has 0 aromatic rings. The standard InChI is InChI=1S/C24H51O4P/c1-5-8-11-13-15-17-19-22-26-29(25,28-24(4)21-10-7-3)27-23-20-18-16-14-12-9-6-2/h24H,5-23H2,1-4H3. The van der Waals surface area contributed by atoms with E-state index < -0.39 is 7.82 Å². The van der Waals surface area contributed by atoms with Gasteiger partial charge in [-0.25, -0.2) is 4.57 Å². The molecule has 1 unspecified atom stereocenters. The van der Waals surface area contributed by atoms with E-state index in [-0.39, 0.29) is 6.10 Å². The quantitative estimate of drug-likeness (QED) is 0.119. The SMILES string of the molecule is CCCCCCCCCOP(=O)(OCCCCCCCCC)OC(C)CCCC. The molecule has 0 amide bonds. The Morgan fingerprint density at radius 3 is 1.38 bits per heavy atom. The highest BCUT2D eigenvalue weighted by Crippen LogP contribution is 2.51. The molecule has 5 heteroatoms. The van der Waals surface area contributed by atoms with Crippen molar-refractivity contribution >= 4 is 7.82 Å². The fourth-order valence-corrected chi connectivity index (χ4v) is 4.78. The van der Waals surface area contributed by atoms with Crippen molar-refractivity contribution in [1.29, 1.82) is 0 Å². The van der Waals surface area contributed by atoms with Crippen molar-refractivity contribution in [3.05, 3.63) is 0 Å². The number of phosphoric ester groups is 1. The van der Waals surface area contributed by atoms with Crippen molar-refractivity contribution in [3.63, 3.8) is 0 Å². The van der Waals surface area contributed by atoms with Gasteiger partial charge in [0.25, 0.3) is 0 Å². The second-order valence-corrected chi connectivity index (χ2v) is 10.0. The third-order valence-electron chi connectivity index (χ3n) is 5.27. The van der Waals surface area contributed by atoms with Gasteiger partial charge in [0.05, 0.1) is 19.3 Å². The summed E-state index contributed by atoms with van der Waals surface area (Å²) in [5, 5.41) is 0. The lowest BCUT2D eigenvalue weighted by molar-refractivity contribution is 0.0783. The van der Waals surface area contributed by atoms with Crippen molar-refractivity contribution in [2.24, 2.45) is 0 Å². The monoisotopic (exact) mass is 434 g/mol. The fraction of sp³-hybridized carbons (Fsp3) is 1.00. The lowest BCUT2D eigenvalue weighted by Gasteiger charge is -2.22. The zero-order chi connectivity index (χ0) is 21.6. The maximum Gasteiger partial charge on any atom is 0.475 e. The Hall–Kier alpha value is 0.110. The largest absolute Gasteiger partial charge is 0.475 e. The second-order valence-electron chi connectivity index (χ2n) is 8.41. The van der Waals surface area contributed by atoms with Gasteiger partial charge in [0.15, 0.2) is 0 Å². The highest BCUT2D eigenvalue weighted by atomic mass is 31.2. The van der Waals surface area contributed by atoms with Crippen molar-refractivity contribution in [1.82, 2.24) is 0 Å². The molecule has 29 heavy (non-hydrogen) atoms. The molecule has 4 nitrogen and oxygen atoms in total. The van der Waals surface area contributed by atoms with Gasteiger partial charge in [0.1, 0.15) is 0 Å². The summed E-state index contributed by atoms with van der Waals surface area (Å²) in [6.45, 7) is 9.51. The highest BCUT2D eigenvalue weighted by molar-refractivity contribution is 7.48. The van der Waals surface area contributed by atoms with Crippen LogP contribution in [0.4, 0.5) is 0 Å². The third kappa shape index (κ3) is 19.8. The Bertz CT molecular complexity index is 352. The van der Waals surface area contributed by atoms with Gasteiger partial charge in [-0.3, -0.25) is 13.6 Å².